The lowest BCUT2D eigenvalue weighted by molar-refractivity contribution is 0.393. The molecule has 29 heavy (non-hydrogen) atoms. The number of allylic oxidation sites excluding steroid dienone is 1. The Kier molecular flexibility index (Phi) is 7.42. The minimum absolute atomic E-state index is 0.163. The van der Waals surface area contributed by atoms with Crippen molar-refractivity contribution in [1.82, 2.24) is 4.57 Å². The summed E-state index contributed by atoms with van der Waals surface area (Å²) in [7, 11) is 1.69. The van der Waals surface area contributed by atoms with Crippen molar-refractivity contribution in [3.63, 3.8) is 0 Å². The van der Waals surface area contributed by atoms with Crippen LogP contribution in [0.5, 0.6) is 5.75 Å². The smallest absolute Gasteiger partial charge is 0.224 e. The van der Waals surface area contributed by atoms with Gasteiger partial charge < -0.3 is 9.30 Å². The summed E-state index contributed by atoms with van der Waals surface area (Å²) in [4.78, 5) is 8.65. The lowest BCUT2D eigenvalue weighted by Gasteiger charge is -2.18. The van der Waals surface area contributed by atoms with Crippen molar-refractivity contribution in [2.45, 2.75) is 59.4 Å². The topological polar surface area (TPSA) is 38.9 Å². The van der Waals surface area contributed by atoms with Crippen molar-refractivity contribution in [2.75, 3.05) is 7.11 Å². The van der Waals surface area contributed by atoms with E-state index in [4.69, 9.17) is 27.9 Å². The lowest BCUT2D eigenvalue weighted by atomic mass is 9.99. The number of rotatable bonds is 8. The minimum Gasteiger partial charge on any atom is -0.497 e. The van der Waals surface area contributed by atoms with Gasteiger partial charge in [-0.25, -0.2) is 9.98 Å². The quantitative estimate of drug-likeness (QED) is 0.411. The summed E-state index contributed by atoms with van der Waals surface area (Å²) in [6, 6.07) is 6.26. The van der Waals surface area contributed by atoms with E-state index in [0.29, 0.717) is 17.5 Å². The molecule has 0 saturated heterocycles. The van der Waals surface area contributed by atoms with E-state index >= 15 is 0 Å². The summed E-state index contributed by atoms with van der Waals surface area (Å²) in [5.74, 6) is 1.48. The number of fused-ring (bicyclic) bond motifs is 1. The van der Waals surface area contributed by atoms with Crippen LogP contribution in [0.2, 0.25) is 0 Å². The Morgan fingerprint density at radius 2 is 2.00 bits per heavy atom. The van der Waals surface area contributed by atoms with Gasteiger partial charge in [0.15, 0.2) is 0 Å². The molecule has 4 nitrogen and oxygen atoms in total. The summed E-state index contributed by atoms with van der Waals surface area (Å²) >= 11 is 12.3. The number of methoxy groups -OCH3 is 1. The molecule has 0 aliphatic carbocycles. The number of benzene rings is 1. The van der Waals surface area contributed by atoms with Crippen LogP contribution in [0.15, 0.2) is 39.4 Å². The molecule has 1 aromatic heterocycles. The van der Waals surface area contributed by atoms with Gasteiger partial charge in [0.25, 0.3) is 0 Å². The standard InChI is InChI=1S/C23H29Cl2N3O/c1-5-7-8-16(6-2)14-28-15(3)22(18-13-17(29-4)9-11-20(18)28)19-10-12-21(24)27-23(25)26-19/h9,11-13,16H,5-8,10,14H2,1-4H3. The second-order valence-electron chi connectivity index (χ2n) is 7.54. The van der Waals surface area contributed by atoms with E-state index in [1.54, 1.807) is 7.11 Å². The number of halogens is 2. The number of ether oxygens (including phenoxy) is 1. The summed E-state index contributed by atoms with van der Waals surface area (Å²) in [5.41, 5.74) is 4.37. The Morgan fingerprint density at radius 3 is 2.69 bits per heavy atom. The zero-order valence-corrected chi connectivity index (χ0v) is 19.1. The molecular weight excluding hydrogens is 405 g/mol. The van der Waals surface area contributed by atoms with Crippen molar-refractivity contribution in [2.24, 2.45) is 15.9 Å². The van der Waals surface area contributed by atoms with Gasteiger partial charge in [0, 0.05) is 35.1 Å². The Hall–Kier alpha value is -1.78. The average molecular weight is 434 g/mol. The Balaban J connectivity index is 2.14. The van der Waals surface area contributed by atoms with Gasteiger partial charge in [-0.1, -0.05) is 44.7 Å². The number of unbranched alkanes of at least 4 members (excludes halogenated alkanes) is 1. The third-order valence-corrected chi connectivity index (χ3v) is 6.10. The fraction of sp³-hybridized carbons (Fsp3) is 0.478. The van der Waals surface area contributed by atoms with Crippen molar-refractivity contribution >= 4 is 45.1 Å². The van der Waals surface area contributed by atoms with E-state index in [0.717, 1.165) is 29.0 Å². The number of hydrogen-bond acceptors (Lipinski definition) is 3. The van der Waals surface area contributed by atoms with Crippen molar-refractivity contribution in [3.05, 3.63) is 40.7 Å². The maximum Gasteiger partial charge on any atom is 0.224 e. The molecule has 1 unspecified atom stereocenters. The summed E-state index contributed by atoms with van der Waals surface area (Å²) in [6.45, 7) is 7.69. The minimum atomic E-state index is 0.163. The normalized spacial score (nSPS) is 15.6. The van der Waals surface area contributed by atoms with Gasteiger partial charge in [0.1, 0.15) is 10.9 Å². The van der Waals surface area contributed by atoms with Crippen LogP contribution in [0, 0.1) is 12.8 Å². The molecule has 0 radical (unpaired) electrons. The van der Waals surface area contributed by atoms with Gasteiger partial charge in [0.2, 0.25) is 5.29 Å². The Morgan fingerprint density at radius 1 is 1.21 bits per heavy atom. The lowest BCUT2D eigenvalue weighted by Crippen LogP contribution is -2.12. The summed E-state index contributed by atoms with van der Waals surface area (Å²) in [5, 5.41) is 1.66. The molecule has 1 aromatic carbocycles. The van der Waals surface area contributed by atoms with Crippen molar-refractivity contribution < 1.29 is 4.74 Å². The van der Waals surface area contributed by atoms with E-state index in [-0.39, 0.29) is 5.29 Å². The number of nitrogens with zero attached hydrogens (tertiary/aromatic N) is 3. The van der Waals surface area contributed by atoms with Gasteiger partial charge >= 0.3 is 0 Å². The fourth-order valence-electron chi connectivity index (χ4n) is 4.02. The zero-order chi connectivity index (χ0) is 21.0. The van der Waals surface area contributed by atoms with Gasteiger partial charge in [-0.2, -0.15) is 0 Å². The second kappa shape index (κ2) is 9.82. The Bertz CT molecular complexity index is 972. The maximum atomic E-state index is 6.20. The van der Waals surface area contributed by atoms with E-state index in [2.05, 4.69) is 47.5 Å². The van der Waals surface area contributed by atoms with Gasteiger partial charge in [-0.05, 0) is 55.1 Å². The second-order valence-corrected chi connectivity index (χ2v) is 8.27. The van der Waals surface area contributed by atoms with Crippen LogP contribution in [-0.2, 0) is 6.54 Å². The third-order valence-electron chi connectivity index (χ3n) is 5.69. The van der Waals surface area contributed by atoms with Crippen LogP contribution in [-0.4, -0.2) is 22.7 Å². The Labute approximate surface area is 183 Å². The monoisotopic (exact) mass is 433 g/mol. The van der Waals surface area contributed by atoms with Gasteiger partial charge in [-0.15, -0.1) is 0 Å². The first kappa shape index (κ1) is 21.9. The van der Waals surface area contributed by atoms with Crippen molar-refractivity contribution in [1.29, 1.82) is 0 Å². The van der Waals surface area contributed by atoms with Crippen LogP contribution in [0.25, 0.3) is 10.9 Å². The average Bonchev–Trinajstić information content (AvgIpc) is 2.86. The molecule has 0 saturated carbocycles. The molecule has 2 heterocycles. The molecule has 0 bridgehead atoms. The molecule has 0 N–H and O–H groups in total. The zero-order valence-electron chi connectivity index (χ0n) is 17.6. The van der Waals surface area contributed by atoms with E-state index in [9.17, 15) is 0 Å². The number of amidine groups is 1. The molecule has 3 rings (SSSR count). The van der Waals surface area contributed by atoms with E-state index < -0.39 is 0 Å². The van der Waals surface area contributed by atoms with E-state index in [1.807, 2.05) is 12.1 Å². The molecule has 6 heteroatoms. The molecule has 2 aromatic rings. The highest BCUT2D eigenvalue weighted by molar-refractivity contribution is 6.66. The highest BCUT2D eigenvalue weighted by Gasteiger charge is 2.21. The summed E-state index contributed by atoms with van der Waals surface area (Å²) in [6.07, 6.45) is 7.35. The molecule has 0 fully saturated rings. The summed E-state index contributed by atoms with van der Waals surface area (Å²) < 4.78 is 7.93. The largest absolute Gasteiger partial charge is 0.497 e. The first-order chi connectivity index (χ1) is 14.0. The highest BCUT2D eigenvalue weighted by atomic mass is 35.5. The number of hydrogen-bond donors (Lipinski definition) is 0. The SMILES string of the molecule is CCCCC(CC)Cn1c(C)c(C2=NC(Cl)=NC(Cl)=CC2)c2cc(OC)ccc21. The fourth-order valence-corrected chi connectivity index (χ4v) is 4.41. The molecule has 0 spiro atoms. The number of aromatic nitrogens is 1. The predicted octanol–water partition coefficient (Wildman–Crippen LogP) is 7.04. The molecule has 1 aliphatic rings. The van der Waals surface area contributed by atoms with E-state index in [1.165, 1.54) is 36.9 Å². The van der Waals surface area contributed by atoms with Gasteiger partial charge in [0.05, 0.1) is 12.8 Å². The molecule has 156 valence electrons. The highest BCUT2D eigenvalue weighted by Crippen LogP contribution is 2.33. The molecule has 1 atom stereocenters. The third kappa shape index (κ3) is 4.87. The van der Waals surface area contributed by atoms with Crippen LogP contribution < -0.4 is 4.74 Å². The molecule has 0 amide bonds. The van der Waals surface area contributed by atoms with Crippen LogP contribution in [0.3, 0.4) is 0 Å². The predicted molar refractivity (Wildman–Crippen MR) is 125 cm³/mol. The van der Waals surface area contributed by atoms with Crippen LogP contribution in [0.4, 0.5) is 0 Å². The van der Waals surface area contributed by atoms with Gasteiger partial charge in [-0.3, -0.25) is 0 Å². The number of aliphatic imine (C=N–C) groups is 2. The first-order valence-corrected chi connectivity index (χ1v) is 11.1. The van der Waals surface area contributed by atoms with Crippen LogP contribution in [0.1, 0.15) is 57.2 Å². The van der Waals surface area contributed by atoms with Crippen LogP contribution >= 0.6 is 23.2 Å². The molecule has 1 aliphatic heterocycles. The molecular formula is C23H29Cl2N3O. The van der Waals surface area contributed by atoms with Crippen molar-refractivity contribution in [3.8, 4) is 5.75 Å². The maximum absolute atomic E-state index is 6.20. The first-order valence-electron chi connectivity index (χ1n) is 10.3.